The van der Waals surface area contributed by atoms with E-state index in [9.17, 15) is 8.42 Å². The molecule has 0 aliphatic rings. The van der Waals surface area contributed by atoms with Gasteiger partial charge in [0.25, 0.3) is 0 Å². The fourth-order valence-corrected chi connectivity index (χ4v) is 3.85. The van der Waals surface area contributed by atoms with Gasteiger partial charge in [-0.1, -0.05) is 19.1 Å². The summed E-state index contributed by atoms with van der Waals surface area (Å²) < 4.78 is 32.1. The molecule has 6 nitrogen and oxygen atoms in total. The lowest BCUT2D eigenvalue weighted by atomic mass is 10.2. The quantitative estimate of drug-likeness (QED) is 0.518. The van der Waals surface area contributed by atoms with Crippen LogP contribution in [0.1, 0.15) is 6.92 Å². The lowest BCUT2D eigenvalue weighted by Gasteiger charge is -2.09. The van der Waals surface area contributed by atoms with Crippen LogP contribution in [0.25, 0.3) is 22.6 Å². The third kappa shape index (κ3) is 3.46. The van der Waals surface area contributed by atoms with E-state index in [4.69, 9.17) is 17.0 Å². The van der Waals surface area contributed by atoms with E-state index in [-0.39, 0.29) is 10.6 Å². The molecule has 9 heteroatoms. The van der Waals surface area contributed by atoms with Crippen molar-refractivity contribution in [3.8, 4) is 17.1 Å². The predicted molar refractivity (Wildman–Crippen MR) is 109 cm³/mol. The lowest BCUT2D eigenvalue weighted by Crippen LogP contribution is -2.07. The standard InChI is InChI=1S/C17H17N3O3S3/c1-3-26(21,22)14-7-5-4-6-12(14)16-19-13-8-11(23-15(25)10-24)9-18-17(13)20(16)2/h4-9,24H,3,10H2,1-2H3. The number of hydrogen-bond donors (Lipinski definition) is 1. The number of thiocarbonyl (C=S) groups is 1. The van der Waals surface area contributed by atoms with Gasteiger partial charge in [0.05, 0.1) is 22.6 Å². The summed E-state index contributed by atoms with van der Waals surface area (Å²) in [6.45, 7) is 1.62. The minimum atomic E-state index is -3.38. The van der Waals surface area contributed by atoms with E-state index in [1.54, 1.807) is 55.1 Å². The minimum Gasteiger partial charge on any atom is -0.448 e. The Kier molecular flexibility index (Phi) is 5.31. The van der Waals surface area contributed by atoms with Gasteiger partial charge in [-0.2, -0.15) is 12.6 Å². The number of aromatic nitrogens is 3. The van der Waals surface area contributed by atoms with Gasteiger partial charge in [-0.25, -0.2) is 18.4 Å². The Labute approximate surface area is 162 Å². The number of hydrogen-bond acceptors (Lipinski definition) is 7. The summed E-state index contributed by atoms with van der Waals surface area (Å²) in [5.41, 5.74) is 1.75. The molecule has 3 aromatic rings. The monoisotopic (exact) mass is 407 g/mol. The highest BCUT2D eigenvalue weighted by Gasteiger charge is 2.21. The number of pyridine rings is 1. The molecule has 0 saturated heterocycles. The summed E-state index contributed by atoms with van der Waals surface area (Å²) >= 11 is 9.09. The first-order valence-electron chi connectivity index (χ1n) is 7.83. The highest BCUT2D eigenvalue weighted by Crippen LogP contribution is 2.30. The van der Waals surface area contributed by atoms with E-state index in [1.807, 2.05) is 0 Å². The van der Waals surface area contributed by atoms with Gasteiger partial charge >= 0.3 is 0 Å². The molecule has 0 aliphatic carbocycles. The summed E-state index contributed by atoms with van der Waals surface area (Å²) in [5, 5.41) is 0.338. The van der Waals surface area contributed by atoms with E-state index in [0.29, 0.717) is 39.1 Å². The van der Waals surface area contributed by atoms with Crippen LogP contribution in [-0.2, 0) is 16.9 Å². The third-order valence-corrected chi connectivity index (χ3v) is 6.40. The second kappa shape index (κ2) is 7.34. The van der Waals surface area contributed by atoms with E-state index < -0.39 is 9.84 Å². The third-order valence-electron chi connectivity index (χ3n) is 3.89. The highest BCUT2D eigenvalue weighted by atomic mass is 32.2. The number of aryl methyl sites for hydroxylation is 1. The molecular formula is C17H17N3O3S3. The summed E-state index contributed by atoms with van der Waals surface area (Å²) in [4.78, 5) is 9.20. The predicted octanol–water partition coefficient (Wildman–Crippen LogP) is 3.06. The fourth-order valence-electron chi connectivity index (χ4n) is 2.60. The zero-order valence-electron chi connectivity index (χ0n) is 14.2. The smallest absolute Gasteiger partial charge is 0.178 e. The zero-order chi connectivity index (χ0) is 18.9. The van der Waals surface area contributed by atoms with Gasteiger partial charge in [-0.3, -0.25) is 0 Å². The van der Waals surface area contributed by atoms with Crippen molar-refractivity contribution in [2.24, 2.45) is 7.05 Å². The van der Waals surface area contributed by atoms with Crippen molar-refractivity contribution in [3.63, 3.8) is 0 Å². The molecule has 0 amide bonds. The van der Waals surface area contributed by atoms with Crippen molar-refractivity contribution in [3.05, 3.63) is 36.5 Å². The van der Waals surface area contributed by atoms with Gasteiger partial charge in [-0.05, 0) is 24.4 Å². The van der Waals surface area contributed by atoms with Crippen LogP contribution in [0.3, 0.4) is 0 Å². The van der Waals surface area contributed by atoms with Crippen LogP contribution in [0.15, 0.2) is 41.4 Å². The van der Waals surface area contributed by atoms with Gasteiger partial charge in [0.15, 0.2) is 20.5 Å². The molecule has 136 valence electrons. The maximum atomic E-state index is 12.4. The summed E-state index contributed by atoms with van der Waals surface area (Å²) in [5.74, 6) is 1.33. The number of ether oxygens (including phenoxy) is 1. The van der Waals surface area contributed by atoms with E-state index in [1.165, 1.54) is 0 Å². The summed E-state index contributed by atoms with van der Waals surface area (Å²) in [6.07, 6.45) is 1.55. The van der Waals surface area contributed by atoms with Crippen LogP contribution in [0.5, 0.6) is 5.75 Å². The number of benzene rings is 1. The molecule has 2 heterocycles. The van der Waals surface area contributed by atoms with Crippen LogP contribution in [0.4, 0.5) is 0 Å². The number of rotatable bonds is 5. The van der Waals surface area contributed by atoms with Crippen molar-refractivity contribution in [1.29, 1.82) is 0 Å². The van der Waals surface area contributed by atoms with Crippen molar-refractivity contribution < 1.29 is 13.2 Å². The normalized spacial score (nSPS) is 11.7. The number of fused-ring (bicyclic) bond motifs is 1. The highest BCUT2D eigenvalue weighted by molar-refractivity contribution is 7.91. The molecule has 26 heavy (non-hydrogen) atoms. The Morgan fingerprint density at radius 2 is 2.08 bits per heavy atom. The van der Waals surface area contributed by atoms with Gasteiger partial charge in [0.2, 0.25) is 0 Å². The molecule has 0 radical (unpaired) electrons. The Hall–Kier alpha value is -1.97. The molecule has 0 saturated carbocycles. The molecule has 0 N–H and O–H groups in total. The van der Waals surface area contributed by atoms with Gasteiger partial charge < -0.3 is 9.30 Å². The molecule has 0 spiro atoms. The molecule has 3 rings (SSSR count). The topological polar surface area (TPSA) is 74.1 Å². The van der Waals surface area contributed by atoms with E-state index >= 15 is 0 Å². The Morgan fingerprint density at radius 3 is 2.77 bits per heavy atom. The van der Waals surface area contributed by atoms with Gasteiger partial charge in [0, 0.05) is 18.7 Å². The molecule has 0 unspecified atom stereocenters. The van der Waals surface area contributed by atoms with Crippen LogP contribution in [-0.4, -0.2) is 39.5 Å². The number of imidazole rings is 1. The van der Waals surface area contributed by atoms with Crippen LogP contribution < -0.4 is 4.74 Å². The molecule has 0 atom stereocenters. The molecule has 0 aliphatic heterocycles. The summed E-state index contributed by atoms with van der Waals surface area (Å²) in [6, 6.07) is 8.56. The van der Waals surface area contributed by atoms with Crippen molar-refractivity contribution in [2.75, 3.05) is 11.5 Å². The summed E-state index contributed by atoms with van der Waals surface area (Å²) in [7, 11) is -1.59. The first-order chi connectivity index (χ1) is 12.4. The first-order valence-corrected chi connectivity index (χ1v) is 10.5. The maximum Gasteiger partial charge on any atom is 0.178 e. The Bertz CT molecular complexity index is 1090. The zero-order valence-corrected chi connectivity index (χ0v) is 16.7. The van der Waals surface area contributed by atoms with E-state index in [2.05, 4.69) is 22.6 Å². The van der Waals surface area contributed by atoms with Crippen LogP contribution in [0, 0.1) is 0 Å². The molecule has 0 bridgehead atoms. The number of nitrogens with zero attached hydrogens (tertiary/aromatic N) is 3. The second-order valence-corrected chi connectivity index (χ2v) is 8.56. The Morgan fingerprint density at radius 1 is 1.35 bits per heavy atom. The van der Waals surface area contributed by atoms with Gasteiger partial charge in [-0.15, -0.1) is 0 Å². The number of sulfone groups is 1. The maximum absolute atomic E-state index is 12.4. The second-order valence-electron chi connectivity index (χ2n) is 5.54. The first kappa shape index (κ1) is 18.8. The van der Waals surface area contributed by atoms with Gasteiger partial charge in [0.1, 0.15) is 17.1 Å². The van der Waals surface area contributed by atoms with Crippen molar-refractivity contribution in [2.45, 2.75) is 11.8 Å². The average molecular weight is 408 g/mol. The number of thiol groups is 1. The fraction of sp³-hybridized carbons (Fsp3) is 0.235. The Balaban J connectivity index is 2.16. The van der Waals surface area contributed by atoms with Crippen LogP contribution >= 0.6 is 24.8 Å². The molecule has 1 aromatic carbocycles. The van der Waals surface area contributed by atoms with Crippen LogP contribution in [0.2, 0.25) is 0 Å². The molecule has 2 aromatic heterocycles. The molecule has 0 fully saturated rings. The van der Waals surface area contributed by atoms with Crippen molar-refractivity contribution >= 4 is 50.9 Å². The molecular weight excluding hydrogens is 390 g/mol. The largest absolute Gasteiger partial charge is 0.448 e. The van der Waals surface area contributed by atoms with E-state index in [0.717, 1.165) is 0 Å². The van der Waals surface area contributed by atoms with Crippen molar-refractivity contribution in [1.82, 2.24) is 14.5 Å². The minimum absolute atomic E-state index is 0.0192. The lowest BCUT2D eigenvalue weighted by molar-refractivity contribution is 0.560. The average Bonchev–Trinajstić information content (AvgIpc) is 2.97. The SMILES string of the molecule is CCS(=O)(=O)c1ccccc1-c1nc2cc(OC(=S)CS)cnc2n1C.